The summed E-state index contributed by atoms with van der Waals surface area (Å²) < 4.78 is 4.80. The summed E-state index contributed by atoms with van der Waals surface area (Å²) in [4.78, 5) is 53.5. The summed E-state index contributed by atoms with van der Waals surface area (Å²) >= 11 is 0. The van der Waals surface area contributed by atoms with Crippen molar-refractivity contribution in [3.05, 3.63) is 61.0 Å². The number of rotatable bonds is 10. The smallest absolute Gasteiger partial charge is 0.310 e. The minimum absolute atomic E-state index is 0.00385. The van der Waals surface area contributed by atoms with Crippen molar-refractivity contribution < 1.29 is 23.9 Å². The van der Waals surface area contributed by atoms with Gasteiger partial charge in [-0.05, 0) is 55.8 Å². The largest absolute Gasteiger partial charge is 0.455 e. The molecule has 3 rings (SSSR count). The Bertz CT molecular complexity index is 1200. The summed E-state index contributed by atoms with van der Waals surface area (Å²) in [6, 6.07) is 6.14. The van der Waals surface area contributed by atoms with Gasteiger partial charge in [-0.3, -0.25) is 29.2 Å². The molecule has 0 saturated carbocycles. The molecule has 3 amide bonds. The fourth-order valence-corrected chi connectivity index (χ4v) is 3.99. The molecule has 10 heteroatoms. The van der Waals surface area contributed by atoms with Gasteiger partial charge in [-0.1, -0.05) is 24.8 Å². The van der Waals surface area contributed by atoms with Crippen LogP contribution >= 0.6 is 0 Å². The van der Waals surface area contributed by atoms with Gasteiger partial charge in [-0.2, -0.15) is 0 Å². The molecular weight excluding hydrogens is 474 g/mol. The topological polar surface area (TPSA) is 130 Å². The van der Waals surface area contributed by atoms with Crippen LogP contribution in [-0.2, 0) is 23.9 Å². The molecule has 0 spiro atoms. The predicted molar refractivity (Wildman–Crippen MR) is 140 cm³/mol. The van der Waals surface area contributed by atoms with Crippen molar-refractivity contribution in [3.63, 3.8) is 0 Å². The lowest BCUT2D eigenvalue weighted by Gasteiger charge is -2.35. The Morgan fingerprint density at radius 1 is 1.19 bits per heavy atom. The van der Waals surface area contributed by atoms with E-state index in [4.69, 9.17) is 4.74 Å². The van der Waals surface area contributed by atoms with Gasteiger partial charge in [0, 0.05) is 18.1 Å². The quantitative estimate of drug-likeness (QED) is 0.332. The molecule has 3 atom stereocenters. The van der Waals surface area contributed by atoms with E-state index < -0.39 is 36.5 Å². The van der Waals surface area contributed by atoms with Crippen LogP contribution in [0.1, 0.15) is 50.4 Å². The molecule has 3 N–H and O–H groups in total. The first-order valence-corrected chi connectivity index (χ1v) is 12.2. The van der Waals surface area contributed by atoms with Crippen LogP contribution in [-0.4, -0.2) is 58.9 Å². The molecule has 1 aromatic heterocycles. The standard InChI is InChI=1S/C27H33N5O5/c1-5-8-25(34)37-16-24(33)29-18(4)27(36)32-12-7-9-23(31-32)26(35)30-17(3)19-10-11-20-15-28-22(6-2)14-21(20)13-19/h5-6,10-11,13-15,17-18,23,31H,1-2,7-9,12,16H2,3-4H3,(H,29,33)(H,30,35)/t17-,18+,23+/m1/s1. The van der Waals surface area contributed by atoms with Gasteiger partial charge in [0.15, 0.2) is 6.61 Å². The highest BCUT2D eigenvalue weighted by atomic mass is 16.5. The van der Waals surface area contributed by atoms with Crippen molar-refractivity contribution in [1.29, 1.82) is 0 Å². The SMILES string of the molecule is C=CCC(=O)OCC(=O)N[C@@H](C)C(=O)N1CCC[C@@H](C(=O)N[C@H](C)c2ccc3cnc(C=C)cc3c2)N1. The zero-order chi connectivity index (χ0) is 26.9. The van der Waals surface area contributed by atoms with Crippen molar-refractivity contribution in [2.75, 3.05) is 13.2 Å². The van der Waals surface area contributed by atoms with Crippen LogP contribution in [0, 0.1) is 0 Å². The normalized spacial score (nSPS) is 16.8. The summed E-state index contributed by atoms with van der Waals surface area (Å²) in [7, 11) is 0. The highest BCUT2D eigenvalue weighted by Gasteiger charge is 2.31. The van der Waals surface area contributed by atoms with Crippen LogP contribution in [0.5, 0.6) is 0 Å². The zero-order valence-corrected chi connectivity index (χ0v) is 21.2. The number of nitrogens with zero attached hydrogens (tertiary/aromatic N) is 2. The molecule has 0 unspecified atom stereocenters. The number of amides is 3. The van der Waals surface area contributed by atoms with Gasteiger partial charge in [0.2, 0.25) is 5.91 Å². The molecule has 0 radical (unpaired) electrons. The third kappa shape index (κ3) is 7.47. The summed E-state index contributed by atoms with van der Waals surface area (Å²) in [5.41, 5.74) is 4.70. The predicted octanol–water partition coefficient (Wildman–Crippen LogP) is 2.17. The van der Waals surface area contributed by atoms with Crippen LogP contribution < -0.4 is 16.1 Å². The Morgan fingerprint density at radius 2 is 1.97 bits per heavy atom. The Balaban J connectivity index is 1.54. The van der Waals surface area contributed by atoms with Crippen molar-refractivity contribution in [2.45, 2.75) is 51.2 Å². The fourth-order valence-electron chi connectivity index (χ4n) is 3.99. The summed E-state index contributed by atoms with van der Waals surface area (Å²) in [5.74, 6) is -1.79. The van der Waals surface area contributed by atoms with Crippen molar-refractivity contribution in [1.82, 2.24) is 26.1 Å². The number of fused-ring (bicyclic) bond motifs is 1. The second-order valence-electron chi connectivity index (χ2n) is 8.91. The molecule has 1 fully saturated rings. The van der Waals surface area contributed by atoms with Crippen LogP contribution in [0.25, 0.3) is 16.8 Å². The fraction of sp³-hybridized carbons (Fsp3) is 0.370. The summed E-state index contributed by atoms with van der Waals surface area (Å²) in [6.45, 7) is 10.5. The van der Waals surface area contributed by atoms with Gasteiger partial charge in [0.25, 0.3) is 11.8 Å². The van der Waals surface area contributed by atoms with E-state index in [1.165, 1.54) is 18.0 Å². The maximum Gasteiger partial charge on any atom is 0.310 e. The van der Waals surface area contributed by atoms with Crippen LogP contribution in [0.15, 0.2) is 49.7 Å². The molecular formula is C27H33N5O5. The maximum absolute atomic E-state index is 13.0. The van der Waals surface area contributed by atoms with E-state index in [0.29, 0.717) is 19.4 Å². The average Bonchev–Trinajstić information content (AvgIpc) is 2.90. The third-order valence-corrected chi connectivity index (χ3v) is 6.03. The van der Waals surface area contributed by atoms with E-state index >= 15 is 0 Å². The molecule has 2 aromatic rings. The van der Waals surface area contributed by atoms with E-state index in [9.17, 15) is 19.2 Å². The molecule has 1 aliphatic rings. The molecule has 0 bridgehead atoms. The van der Waals surface area contributed by atoms with E-state index in [-0.39, 0.29) is 18.4 Å². The second kappa shape index (κ2) is 12.8. The van der Waals surface area contributed by atoms with Crippen molar-refractivity contribution in [3.8, 4) is 0 Å². The van der Waals surface area contributed by atoms with Crippen molar-refractivity contribution >= 4 is 40.5 Å². The molecule has 2 heterocycles. The highest BCUT2D eigenvalue weighted by molar-refractivity contribution is 5.89. The zero-order valence-electron chi connectivity index (χ0n) is 21.2. The number of hydrogen-bond donors (Lipinski definition) is 3. The van der Waals surface area contributed by atoms with E-state index in [1.807, 2.05) is 31.2 Å². The number of carbonyl (C=O) groups is 4. The Kier molecular flexibility index (Phi) is 9.51. The third-order valence-electron chi connectivity index (χ3n) is 6.03. The minimum Gasteiger partial charge on any atom is -0.455 e. The first kappa shape index (κ1) is 27.5. The Hall–Kier alpha value is -4.05. The molecule has 196 valence electrons. The molecule has 0 aliphatic carbocycles. The Labute approximate surface area is 216 Å². The van der Waals surface area contributed by atoms with Gasteiger partial charge < -0.3 is 15.4 Å². The van der Waals surface area contributed by atoms with E-state index in [2.05, 4.69) is 34.2 Å². The first-order valence-electron chi connectivity index (χ1n) is 12.2. The van der Waals surface area contributed by atoms with Gasteiger partial charge in [0.05, 0.1) is 18.2 Å². The molecule has 10 nitrogen and oxygen atoms in total. The lowest BCUT2D eigenvalue weighted by molar-refractivity contribution is -0.148. The average molecular weight is 508 g/mol. The first-order chi connectivity index (χ1) is 17.7. The Morgan fingerprint density at radius 3 is 2.70 bits per heavy atom. The highest BCUT2D eigenvalue weighted by Crippen LogP contribution is 2.21. The number of carbonyl (C=O) groups excluding carboxylic acids is 4. The number of hydrazine groups is 1. The van der Waals surface area contributed by atoms with Gasteiger partial charge in [0.1, 0.15) is 12.1 Å². The number of esters is 1. The number of nitrogens with one attached hydrogen (secondary N) is 3. The van der Waals surface area contributed by atoms with E-state index in [1.54, 1.807) is 12.3 Å². The van der Waals surface area contributed by atoms with Gasteiger partial charge >= 0.3 is 5.97 Å². The number of aromatic nitrogens is 1. The molecule has 1 aliphatic heterocycles. The van der Waals surface area contributed by atoms with Crippen molar-refractivity contribution in [2.24, 2.45) is 0 Å². The van der Waals surface area contributed by atoms with Gasteiger partial charge in [-0.25, -0.2) is 5.43 Å². The lowest BCUT2D eigenvalue weighted by atomic mass is 10.0. The lowest BCUT2D eigenvalue weighted by Crippen LogP contribution is -2.61. The summed E-state index contributed by atoms with van der Waals surface area (Å²) in [6.07, 6.45) is 6.03. The molecule has 1 aromatic carbocycles. The maximum atomic E-state index is 13.0. The van der Waals surface area contributed by atoms with E-state index in [0.717, 1.165) is 22.0 Å². The number of pyridine rings is 1. The molecule has 37 heavy (non-hydrogen) atoms. The van der Waals surface area contributed by atoms with Crippen LogP contribution in [0.3, 0.4) is 0 Å². The minimum atomic E-state index is -0.869. The van der Waals surface area contributed by atoms with Gasteiger partial charge in [-0.15, -0.1) is 6.58 Å². The van der Waals surface area contributed by atoms with Crippen LogP contribution in [0.2, 0.25) is 0 Å². The van der Waals surface area contributed by atoms with Crippen LogP contribution in [0.4, 0.5) is 0 Å². The number of hydrogen-bond acceptors (Lipinski definition) is 7. The molecule has 1 saturated heterocycles. The number of benzene rings is 1. The second-order valence-corrected chi connectivity index (χ2v) is 8.91. The monoisotopic (exact) mass is 507 g/mol. The number of ether oxygens (including phenoxy) is 1. The summed E-state index contributed by atoms with van der Waals surface area (Å²) in [5, 5.41) is 8.88.